The lowest BCUT2D eigenvalue weighted by Gasteiger charge is -2.02. The van der Waals surface area contributed by atoms with Gasteiger partial charge in [0.2, 0.25) is 11.0 Å². The van der Waals surface area contributed by atoms with Gasteiger partial charge in [0.1, 0.15) is 5.01 Å². The third kappa shape index (κ3) is 2.89. The molecule has 1 aliphatic carbocycles. The molecule has 1 fully saturated rings. The van der Waals surface area contributed by atoms with Crippen molar-refractivity contribution in [1.82, 2.24) is 14.8 Å². The molecule has 0 saturated heterocycles. The molecule has 0 atom stereocenters. The van der Waals surface area contributed by atoms with E-state index >= 15 is 0 Å². The first-order valence-electron chi connectivity index (χ1n) is 7.42. The van der Waals surface area contributed by atoms with Crippen molar-refractivity contribution in [3.8, 4) is 0 Å². The third-order valence-corrected chi connectivity index (χ3v) is 4.75. The summed E-state index contributed by atoms with van der Waals surface area (Å²) in [6, 6.07) is 7.16. The zero-order chi connectivity index (χ0) is 15.8. The van der Waals surface area contributed by atoms with Crippen LogP contribution in [0, 0.1) is 0 Å². The van der Waals surface area contributed by atoms with Gasteiger partial charge in [-0.25, -0.2) is 4.79 Å². The zero-order valence-corrected chi connectivity index (χ0v) is 13.0. The number of aryl methyl sites for hydroxylation is 1. The Labute approximate surface area is 134 Å². The standard InChI is InChI=1S/C15H14N4O3S/c20-12(16-14-18-17-13(23-14)9-5-6-9)7-8-19-10-3-1-2-4-11(10)22-15(19)21/h1-4,9H,5-8H2,(H,16,18,20). The lowest BCUT2D eigenvalue weighted by atomic mass is 10.3. The molecule has 7 nitrogen and oxygen atoms in total. The minimum absolute atomic E-state index is 0.168. The van der Waals surface area contributed by atoms with Gasteiger partial charge < -0.3 is 9.73 Å². The van der Waals surface area contributed by atoms with Crippen molar-refractivity contribution in [2.45, 2.75) is 31.7 Å². The first-order valence-corrected chi connectivity index (χ1v) is 8.24. The average Bonchev–Trinajstić information content (AvgIpc) is 3.20. The minimum Gasteiger partial charge on any atom is -0.408 e. The maximum atomic E-state index is 12.0. The molecular weight excluding hydrogens is 316 g/mol. The Morgan fingerprint density at radius 1 is 1.35 bits per heavy atom. The van der Waals surface area contributed by atoms with Crippen LogP contribution in [-0.4, -0.2) is 20.7 Å². The van der Waals surface area contributed by atoms with Gasteiger partial charge in [0, 0.05) is 18.9 Å². The van der Waals surface area contributed by atoms with Crippen LogP contribution in [0.4, 0.5) is 5.13 Å². The third-order valence-electron chi connectivity index (χ3n) is 3.75. The van der Waals surface area contributed by atoms with E-state index in [1.54, 1.807) is 18.2 Å². The average molecular weight is 330 g/mol. The van der Waals surface area contributed by atoms with Gasteiger partial charge >= 0.3 is 5.76 Å². The van der Waals surface area contributed by atoms with Gasteiger partial charge in [0.05, 0.1) is 5.52 Å². The van der Waals surface area contributed by atoms with Crippen molar-refractivity contribution in [1.29, 1.82) is 0 Å². The minimum atomic E-state index is -0.453. The van der Waals surface area contributed by atoms with E-state index in [1.165, 1.54) is 15.9 Å². The molecule has 118 valence electrons. The molecule has 1 N–H and O–H groups in total. The molecule has 0 unspecified atom stereocenters. The molecule has 1 saturated carbocycles. The Morgan fingerprint density at radius 3 is 3.00 bits per heavy atom. The predicted molar refractivity (Wildman–Crippen MR) is 85.6 cm³/mol. The van der Waals surface area contributed by atoms with Gasteiger partial charge in [0.25, 0.3) is 0 Å². The Hall–Kier alpha value is -2.48. The number of rotatable bonds is 5. The molecule has 23 heavy (non-hydrogen) atoms. The summed E-state index contributed by atoms with van der Waals surface area (Å²) in [6.45, 7) is 0.260. The number of fused-ring (bicyclic) bond motifs is 1. The predicted octanol–water partition coefficient (Wildman–Crippen LogP) is 2.35. The first kappa shape index (κ1) is 14.1. The van der Waals surface area contributed by atoms with E-state index in [1.807, 2.05) is 6.07 Å². The summed E-state index contributed by atoms with van der Waals surface area (Å²) < 4.78 is 6.60. The SMILES string of the molecule is O=C(CCn1c(=O)oc2ccccc21)Nc1nnc(C2CC2)s1. The summed E-state index contributed by atoms with van der Waals surface area (Å²) in [7, 11) is 0. The van der Waals surface area contributed by atoms with Gasteiger partial charge in [-0.2, -0.15) is 0 Å². The number of anilines is 1. The van der Waals surface area contributed by atoms with Crippen LogP contribution >= 0.6 is 11.3 Å². The van der Waals surface area contributed by atoms with Crippen LogP contribution in [0.3, 0.4) is 0 Å². The van der Waals surface area contributed by atoms with Crippen molar-refractivity contribution in [2.75, 3.05) is 5.32 Å². The number of benzene rings is 1. The summed E-state index contributed by atoms with van der Waals surface area (Å²) in [6.07, 6.45) is 2.47. The topological polar surface area (TPSA) is 90.0 Å². The number of hydrogen-bond acceptors (Lipinski definition) is 6. The van der Waals surface area contributed by atoms with Crippen molar-refractivity contribution < 1.29 is 9.21 Å². The number of aromatic nitrogens is 3. The number of amides is 1. The van der Waals surface area contributed by atoms with E-state index in [-0.39, 0.29) is 18.9 Å². The van der Waals surface area contributed by atoms with Crippen LogP contribution in [0.1, 0.15) is 30.2 Å². The van der Waals surface area contributed by atoms with Crippen molar-refractivity contribution >= 4 is 33.5 Å². The Balaban J connectivity index is 1.42. The molecule has 2 heterocycles. The highest BCUT2D eigenvalue weighted by atomic mass is 32.1. The highest BCUT2D eigenvalue weighted by Crippen LogP contribution is 2.42. The Kier molecular flexibility index (Phi) is 3.45. The number of carbonyl (C=O) groups excluding carboxylic acids is 1. The lowest BCUT2D eigenvalue weighted by molar-refractivity contribution is -0.116. The molecule has 0 spiro atoms. The quantitative estimate of drug-likeness (QED) is 0.775. The molecule has 1 aromatic carbocycles. The van der Waals surface area contributed by atoms with Gasteiger partial charge in [-0.1, -0.05) is 23.5 Å². The monoisotopic (exact) mass is 330 g/mol. The second-order valence-electron chi connectivity index (χ2n) is 5.51. The molecule has 1 amide bonds. The van der Waals surface area contributed by atoms with Crippen molar-refractivity contribution in [3.63, 3.8) is 0 Å². The van der Waals surface area contributed by atoms with Gasteiger partial charge in [-0.05, 0) is 25.0 Å². The summed E-state index contributed by atoms with van der Waals surface area (Å²) >= 11 is 1.42. The van der Waals surface area contributed by atoms with Crippen molar-refractivity contribution in [3.05, 3.63) is 39.8 Å². The highest BCUT2D eigenvalue weighted by molar-refractivity contribution is 7.15. The molecule has 2 aromatic heterocycles. The molecule has 3 aromatic rings. The van der Waals surface area contributed by atoms with Gasteiger partial charge in [0.15, 0.2) is 5.58 Å². The zero-order valence-electron chi connectivity index (χ0n) is 12.2. The number of nitrogens with zero attached hydrogens (tertiary/aromatic N) is 3. The van der Waals surface area contributed by atoms with E-state index in [4.69, 9.17) is 4.42 Å². The largest absolute Gasteiger partial charge is 0.419 e. The summed E-state index contributed by atoms with van der Waals surface area (Å²) in [5, 5.41) is 12.3. The lowest BCUT2D eigenvalue weighted by Crippen LogP contribution is -2.19. The summed E-state index contributed by atoms with van der Waals surface area (Å²) in [5.41, 5.74) is 1.22. The maximum absolute atomic E-state index is 12.0. The van der Waals surface area contributed by atoms with E-state index in [0.29, 0.717) is 22.1 Å². The molecular formula is C15H14N4O3S. The van der Waals surface area contributed by atoms with Gasteiger partial charge in [-0.3, -0.25) is 9.36 Å². The summed E-state index contributed by atoms with van der Waals surface area (Å²) in [4.78, 5) is 23.9. The molecule has 0 aliphatic heterocycles. The van der Waals surface area contributed by atoms with Crippen LogP contribution in [0.25, 0.3) is 11.1 Å². The fourth-order valence-corrected chi connectivity index (χ4v) is 3.33. The number of nitrogens with one attached hydrogen (secondary N) is 1. The Morgan fingerprint density at radius 2 is 2.17 bits per heavy atom. The molecule has 0 bridgehead atoms. The van der Waals surface area contributed by atoms with Crippen LogP contribution in [0.15, 0.2) is 33.5 Å². The summed E-state index contributed by atoms with van der Waals surface area (Å²) in [5.74, 6) is -0.124. The second-order valence-corrected chi connectivity index (χ2v) is 6.51. The van der Waals surface area contributed by atoms with E-state index < -0.39 is 5.76 Å². The van der Waals surface area contributed by atoms with E-state index in [9.17, 15) is 9.59 Å². The van der Waals surface area contributed by atoms with Gasteiger partial charge in [-0.15, -0.1) is 10.2 Å². The number of para-hydroxylation sites is 2. The van der Waals surface area contributed by atoms with Crippen LogP contribution in [0.2, 0.25) is 0 Å². The number of hydrogen-bond donors (Lipinski definition) is 1. The van der Waals surface area contributed by atoms with E-state index in [2.05, 4.69) is 15.5 Å². The number of carbonyl (C=O) groups is 1. The normalized spacial score (nSPS) is 14.3. The molecule has 8 heteroatoms. The van der Waals surface area contributed by atoms with E-state index in [0.717, 1.165) is 17.8 Å². The fraction of sp³-hybridized carbons (Fsp3) is 0.333. The first-order chi connectivity index (χ1) is 11.2. The Bertz CT molecular complexity index is 922. The van der Waals surface area contributed by atoms with Crippen LogP contribution in [-0.2, 0) is 11.3 Å². The fourth-order valence-electron chi connectivity index (χ4n) is 2.40. The number of oxazole rings is 1. The van der Waals surface area contributed by atoms with Crippen molar-refractivity contribution in [2.24, 2.45) is 0 Å². The smallest absolute Gasteiger partial charge is 0.408 e. The second kappa shape index (κ2) is 5.62. The maximum Gasteiger partial charge on any atom is 0.419 e. The molecule has 4 rings (SSSR count). The molecule has 1 aliphatic rings. The molecule has 0 radical (unpaired) electrons. The van der Waals surface area contributed by atoms with Crippen LogP contribution < -0.4 is 11.1 Å². The highest BCUT2D eigenvalue weighted by Gasteiger charge is 2.27. The van der Waals surface area contributed by atoms with Crippen LogP contribution in [0.5, 0.6) is 0 Å².